The number of halogens is 2. The van der Waals surface area contributed by atoms with E-state index >= 15 is 0 Å². The Bertz CT molecular complexity index is 466. The average Bonchev–Trinajstić information content (AvgIpc) is 2.58. The average molecular weight is 292 g/mol. The Kier molecular flexibility index (Phi) is 3.12. The van der Waals surface area contributed by atoms with Crippen molar-refractivity contribution in [2.75, 3.05) is 0 Å². The summed E-state index contributed by atoms with van der Waals surface area (Å²) in [5.74, 6) is 0.547. The van der Waals surface area contributed by atoms with Crippen molar-refractivity contribution in [1.29, 1.82) is 0 Å². The van der Waals surface area contributed by atoms with Gasteiger partial charge in [-0.05, 0) is 29.1 Å². The molecule has 0 aliphatic rings. The van der Waals surface area contributed by atoms with Gasteiger partial charge in [-0.3, -0.25) is 0 Å². The first kappa shape index (κ1) is 10.4. The third-order valence-electron chi connectivity index (χ3n) is 2.04. The van der Waals surface area contributed by atoms with E-state index in [0.29, 0.717) is 5.88 Å². The number of aliphatic hydroxyl groups excluding tert-OH is 1. The number of thiophene rings is 1. The molecule has 1 N–H and O–H groups in total. The van der Waals surface area contributed by atoms with Crippen molar-refractivity contribution in [1.82, 2.24) is 0 Å². The normalized spacial score (nSPS) is 11.1. The third kappa shape index (κ3) is 1.82. The highest BCUT2D eigenvalue weighted by atomic mass is 79.9. The number of hydrogen-bond donors (Lipinski definition) is 1. The van der Waals surface area contributed by atoms with Crippen molar-refractivity contribution in [3.8, 4) is 0 Å². The van der Waals surface area contributed by atoms with Crippen LogP contribution >= 0.6 is 38.9 Å². The molecule has 0 spiro atoms. The summed E-state index contributed by atoms with van der Waals surface area (Å²) < 4.78 is 2.12. The molecule has 0 saturated carbocycles. The van der Waals surface area contributed by atoms with Gasteiger partial charge in [-0.2, -0.15) is 0 Å². The summed E-state index contributed by atoms with van der Waals surface area (Å²) in [5, 5.41) is 10.3. The lowest BCUT2D eigenvalue weighted by Crippen LogP contribution is -1.83. The molecule has 0 aliphatic heterocycles. The Hall–Kier alpha value is -0.0900. The van der Waals surface area contributed by atoms with Gasteiger partial charge in [-0.15, -0.1) is 22.9 Å². The Balaban J connectivity index is 2.64. The molecule has 0 fully saturated rings. The highest BCUT2D eigenvalue weighted by Crippen LogP contribution is 2.31. The molecule has 0 atom stereocenters. The van der Waals surface area contributed by atoms with E-state index in [4.69, 9.17) is 16.7 Å². The van der Waals surface area contributed by atoms with Crippen molar-refractivity contribution in [2.45, 2.75) is 12.5 Å². The van der Waals surface area contributed by atoms with Gasteiger partial charge in [0.1, 0.15) is 0 Å². The zero-order chi connectivity index (χ0) is 10.1. The second kappa shape index (κ2) is 4.19. The predicted molar refractivity (Wildman–Crippen MR) is 65.0 cm³/mol. The first-order valence-corrected chi connectivity index (χ1v) is 6.26. The second-order valence-corrected chi connectivity index (χ2v) is 5.28. The molecule has 1 aromatic carbocycles. The first-order valence-electron chi connectivity index (χ1n) is 4.12. The maximum absolute atomic E-state index is 9.09. The molecule has 1 aromatic heterocycles. The minimum Gasteiger partial charge on any atom is -0.392 e. The number of benzene rings is 1. The summed E-state index contributed by atoms with van der Waals surface area (Å²) in [7, 11) is 0. The van der Waals surface area contributed by atoms with Crippen LogP contribution in [0.3, 0.4) is 0 Å². The van der Waals surface area contributed by atoms with Crippen LogP contribution in [0.2, 0.25) is 0 Å². The highest BCUT2D eigenvalue weighted by molar-refractivity contribution is 9.10. The summed E-state index contributed by atoms with van der Waals surface area (Å²) in [5.41, 5.74) is 0.917. The van der Waals surface area contributed by atoms with Gasteiger partial charge in [-0.1, -0.05) is 15.9 Å². The minimum absolute atomic E-state index is 0.0602. The van der Waals surface area contributed by atoms with E-state index in [2.05, 4.69) is 22.0 Å². The molecule has 4 heteroatoms. The zero-order valence-electron chi connectivity index (χ0n) is 7.26. The SMILES string of the molecule is OCc1cc2sc(CCl)cc2cc1Br. The van der Waals surface area contributed by atoms with Crippen molar-refractivity contribution in [3.05, 3.63) is 33.1 Å². The zero-order valence-corrected chi connectivity index (χ0v) is 10.4. The maximum Gasteiger partial charge on any atom is 0.0693 e. The largest absolute Gasteiger partial charge is 0.392 e. The number of hydrogen-bond acceptors (Lipinski definition) is 2. The molecule has 0 amide bonds. The van der Waals surface area contributed by atoms with E-state index in [9.17, 15) is 0 Å². The molecule has 0 saturated heterocycles. The fourth-order valence-corrected chi connectivity index (χ4v) is 3.03. The molecule has 74 valence electrons. The summed E-state index contributed by atoms with van der Waals surface area (Å²) in [6.45, 7) is 0.0602. The molecule has 0 bridgehead atoms. The maximum atomic E-state index is 9.09. The lowest BCUT2D eigenvalue weighted by Gasteiger charge is -1.99. The van der Waals surface area contributed by atoms with Gasteiger partial charge in [-0.25, -0.2) is 0 Å². The van der Waals surface area contributed by atoms with E-state index in [1.807, 2.05) is 12.1 Å². The molecule has 1 nitrogen and oxygen atoms in total. The molecule has 2 aromatic rings. The van der Waals surface area contributed by atoms with Crippen LogP contribution in [0, 0.1) is 0 Å². The standard InChI is InChI=1S/C10H8BrClOS/c11-9-2-6-1-8(4-12)14-10(6)3-7(9)5-13/h1-3,13H,4-5H2. The van der Waals surface area contributed by atoms with Gasteiger partial charge in [0.2, 0.25) is 0 Å². The van der Waals surface area contributed by atoms with Gasteiger partial charge in [0, 0.05) is 14.0 Å². The molecule has 1 heterocycles. The van der Waals surface area contributed by atoms with Crippen molar-refractivity contribution in [3.63, 3.8) is 0 Å². The molecule has 0 radical (unpaired) electrons. The van der Waals surface area contributed by atoms with Crippen molar-refractivity contribution < 1.29 is 5.11 Å². The van der Waals surface area contributed by atoms with Crippen LogP contribution in [-0.4, -0.2) is 5.11 Å². The predicted octanol–water partition coefficient (Wildman–Crippen LogP) is 3.89. The van der Waals surface area contributed by atoms with Crippen LogP contribution in [0.25, 0.3) is 10.1 Å². The van der Waals surface area contributed by atoms with E-state index < -0.39 is 0 Å². The van der Waals surface area contributed by atoms with Crippen LogP contribution in [0.4, 0.5) is 0 Å². The molecular formula is C10H8BrClOS. The molecule has 0 unspecified atom stereocenters. The Morgan fingerprint density at radius 1 is 1.36 bits per heavy atom. The first-order chi connectivity index (χ1) is 6.74. The fourth-order valence-electron chi connectivity index (χ4n) is 1.34. The number of aliphatic hydroxyl groups is 1. The molecule has 0 aliphatic carbocycles. The quantitative estimate of drug-likeness (QED) is 0.832. The summed E-state index contributed by atoms with van der Waals surface area (Å²) in [4.78, 5) is 1.16. The minimum atomic E-state index is 0.0602. The van der Waals surface area contributed by atoms with E-state index in [1.54, 1.807) is 11.3 Å². The van der Waals surface area contributed by atoms with Gasteiger partial charge in [0.15, 0.2) is 0 Å². The van der Waals surface area contributed by atoms with Crippen molar-refractivity contribution >= 4 is 49.0 Å². The molecular weight excluding hydrogens is 284 g/mol. The number of alkyl halides is 1. The van der Waals surface area contributed by atoms with Gasteiger partial charge in [0.05, 0.1) is 12.5 Å². The number of fused-ring (bicyclic) bond motifs is 1. The van der Waals surface area contributed by atoms with E-state index in [1.165, 1.54) is 10.1 Å². The Morgan fingerprint density at radius 2 is 2.14 bits per heavy atom. The van der Waals surface area contributed by atoms with Crippen molar-refractivity contribution in [2.24, 2.45) is 0 Å². The van der Waals surface area contributed by atoms with E-state index in [-0.39, 0.29) is 6.61 Å². The number of rotatable bonds is 2. The van der Waals surface area contributed by atoms with Gasteiger partial charge in [0.25, 0.3) is 0 Å². The third-order valence-corrected chi connectivity index (χ3v) is 4.32. The van der Waals surface area contributed by atoms with Crippen LogP contribution in [0.15, 0.2) is 22.7 Å². The summed E-state index contributed by atoms with van der Waals surface area (Å²) in [6.07, 6.45) is 0. The van der Waals surface area contributed by atoms with Crippen LogP contribution in [-0.2, 0) is 12.5 Å². The smallest absolute Gasteiger partial charge is 0.0693 e. The van der Waals surface area contributed by atoms with Crippen LogP contribution in [0.1, 0.15) is 10.4 Å². The monoisotopic (exact) mass is 290 g/mol. The van der Waals surface area contributed by atoms with Gasteiger partial charge < -0.3 is 5.11 Å². The second-order valence-electron chi connectivity index (χ2n) is 2.99. The lowest BCUT2D eigenvalue weighted by molar-refractivity contribution is 0.281. The van der Waals surface area contributed by atoms with Gasteiger partial charge >= 0.3 is 0 Å². The highest BCUT2D eigenvalue weighted by Gasteiger charge is 2.05. The topological polar surface area (TPSA) is 20.2 Å². The summed E-state index contributed by atoms with van der Waals surface area (Å²) >= 11 is 10.9. The molecule has 2 rings (SSSR count). The van der Waals surface area contributed by atoms with E-state index in [0.717, 1.165) is 14.9 Å². The van der Waals surface area contributed by atoms with Crippen LogP contribution < -0.4 is 0 Å². The summed E-state index contributed by atoms with van der Waals surface area (Å²) in [6, 6.07) is 6.10. The Morgan fingerprint density at radius 3 is 2.79 bits per heavy atom. The lowest BCUT2D eigenvalue weighted by atomic mass is 10.2. The molecule has 14 heavy (non-hydrogen) atoms. The Labute approximate surface area is 99.4 Å². The fraction of sp³-hybridized carbons (Fsp3) is 0.200. The van der Waals surface area contributed by atoms with Crippen LogP contribution in [0.5, 0.6) is 0 Å².